The molecule has 254 valence electrons. The number of nitrogens with zero attached hydrogens (tertiary/aromatic N) is 1. The Labute approximate surface area is 319 Å². The third kappa shape index (κ3) is 5.74. The normalized spacial score (nSPS) is 11.3. The van der Waals surface area contributed by atoms with Crippen LogP contribution in [0.15, 0.2) is 212 Å². The van der Waals surface area contributed by atoms with E-state index in [2.05, 4.69) is 217 Å². The fraction of sp³-hybridized carbons (Fsp3) is 0. The third-order valence-corrected chi connectivity index (χ3v) is 11.6. The predicted octanol–water partition coefficient (Wildman–Crippen LogP) is 15.3. The molecule has 1 aromatic heterocycles. The van der Waals surface area contributed by atoms with Gasteiger partial charge in [-0.3, -0.25) is 0 Å². The van der Waals surface area contributed by atoms with E-state index in [9.17, 15) is 0 Å². The molecule has 0 saturated carbocycles. The molecule has 0 amide bonds. The highest BCUT2D eigenvalue weighted by Gasteiger charge is 2.22. The summed E-state index contributed by atoms with van der Waals surface area (Å²) in [7, 11) is 0. The van der Waals surface area contributed by atoms with E-state index in [-0.39, 0.29) is 0 Å². The molecule has 9 aromatic carbocycles. The van der Waals surface area contributed by atoms with Crippen molar-refractivity contribution in [1.29, 1.82) is 0 Å². The Kier molecular flexibility index (Phi) is 8.09. The van der Waals surface area contributed by atoms with Crippen molar-refractivity contribution in [2.24, 2.45) is 0 Å². The van der Waals surface area contributed by atoms with Crippen LogP contribution in [0.5, 0.6) is 0 Å². The third-order valence-electron chi connectivity index (χ3n) is 10.5. The SMILES string of the molecule is c1ccc(-c2ccc(N(c3ccc(-c4ccccc4)cc3)c3ccc4sc5ccccc5c4c3-c3ccc(-c4cccc5ccccc45)cc3)cc2)cc1. The Bertz CT molecular complexity index is 2800. The van der Waals surface area contributed by atoms with E-state index in [1.807, 2.05) is 11.3 Å². The molecular formula is C52H35NS. The second kappa shape index (κ2) is 13.7. The lowest BCUT2D eigenvalue weighted by Gasteiger charge is -2.29. The highest BCUT2D eigenvalue weighted by Crippen LogP contribution is 2.49. The highest BCUT2D eigenvalue weighted by molar-refractivity contribution is 7.26. The summed E-state index contributed by atoms with van der Waals surface area (Å²) in [4.78, 5) is 2.43. The monoisotopic (exact) mass is 705 g/mol. The number of thiophene rings is 1. The van der Waals surface area contributed by atoms with Gasteiger partial charge < -0.3 is 4.90 Å². The summed E-state index contributed by atoms with van der Waals surface area (Å²) in [5, 5.41) is 5.09. The topological polar surface area (TPSA) is 3.24 Å². The molecule has 54 heavy (non-hydrogen) atoms. The standard InChI is InChI=1S/C52H35NS/c1-3-12-36(13-4-1)38-26-30-43(31-27-38)53(44-32-28-39(29-33-44)37-14-5-2-6-15-37)48-34-35-50-52(47-19-9-10-21-49(47)54-50)51(48)42-24-22-41(23-25-42)46-20-11-17-40-16-7-8-18-45(40)46/h1-35H. The van der Waals surface area contributed by atoms with Gasteiger partial charge in [0.2, 0.25) is 0 Å². The average Bonchev–Trinajstić information content (AvgIpc) is 3.64. The van der Waals surface area contributed by atoms with Crippen molar-refractivity contribution in [2.45, 2.75) is 0 Å². The van der Waals surface area contributed by atoms with Crippen molar-refractivity contribution >= 4 is 59.3 Å². The molecule has 10 aromatic rings. The zero-order chi connectivity index (χ0) is 35.8. The van der Waals surface area contributed by atoms with Crippen LogP contribution in [-0.2, 0) is 0 Å². The van der Waals surface area contributed by atoms with Crippen LogP contribution in [0.4, 0.5) is 17.1 Å². The molecule has 0 saturated heterocycles. The summed E-state index contributed by atoms with van der Waals surface area (Å²) in [6.07, 6.45) is 0. The second-order valence-corrected chi connectivity index (χ2v) is 14.8. The van der Waals surface area contributed by atoms with Crippen LogP contribution in [0, 0.1) is 0 Å². The quantitative estimate of drug-likeness (QED) is 0.160. The van der Waals surface area contributed by atoms with E-state index in [0.29, 0.717) is 0 Å². The maximum absolute atomic E-state index is 2.43. The van der Waals surface area contributed by atoms with Crippen LogP contribution in [0.1, 0.15) is 0 Å². The lowest BCUT2D eigenvalue weighted by molar-refractivity contribution is 1.29. The molecule has 0 unspecified atom stereocenters. The molecule has 0 aliphatic carbocycles. The van der Waals surface area contributed by atoms with Crippen LogP contribution in [0.2, 0.25) is 0 Å². The predicted molar refractivity (Wildman–Crippen MR) is 233 cm³/mol. The summed E-state index contributed by atoms with van der Waals surface area (Å²) in [5.74, 6) is 0. The summed E-state index contributed by atoms with van der Waals surface area (Å²) >= 11 is 1.86. The molecule has 0 bridgehead atoms. The summed E-state index contributed by atoms with van der Waals surface area (Å²) in [6, 6.07) is 77.1. The smallest absolute Gasteiger partial charge is 0.0547 e. The van der Waals surface area contributed by atoms with Gasteiger partial charge in [-0.25, -0.2) is 0 Å². The van der Waals surface area contributed by atoms with Gasteiger partial charge in [0, 0.05) is 37.1 Å². The van der Waals surface area contributed by atoms with Crippen LogP contribution < -0.4 is 4.90 Å². The Hall–Kier alpha value is -6.74. The first-order valence-corrected chi connectivity index (χ1v) is 19.2. The van der Waals surface area contributed by atoms with Gasteiger partial charge in [-0.15, -0.1) is 11.3 Å². The van der Waals surface area contributed by atoms with Crippen molar-refractivity contribution in [1.82, 2.24) is 0 Å². The summed E-state index contributed by atoms with van der Waals surface area (Å²) in [6.45, 7) is 0. The minimum Gasteiger partial charge on any atom is -0.310 e. The Morgan fingerprint density at radius 1 is 0.315 bits per heavy atom. The van der Waals surface area contributed by atoms with Crippen molar-refractivity contribution in [2.75, 3.05) is 4.90 Å². The lowest BCUT2D eigenvalue weighted by Crippen LogP contribution is -2.11. The summed E-state index contributed by atoms with van der Waals surface area (Å²) < 4.78 is 2.58. The molecule has 10 rings (SSSR count). The fourth-order valence-electron chi connectivity index (χ4n) is 7.87. The van der Waals surface area contributed by atoms with Crippen molar-refractivity contribution < 1.29 is 0 Å². The number of rotatable bonds is 7. The number of benzene rings is 9. The largest absolute Gasteiger partial charge is 0.310 e. The van der Waals surface area contributed by atoms with E-state index in [1.54, 1.807) is 0 Å². The Balaban J connectivity index is 1.18. The van der Waals surface area contributed by atoms with Gasteiger partial charge in [-0.05, 0) is 92.2 Å². The van der Waals surface area contributed by atoms with Crippen LogP contribution in [-0.4, -0.2) is 0 Å². The van der Waals surface area contributed by atoms with Crippen molar-refractivity contribution in [3.63, 3.8) is 0 Å². The van der Waals surface area contributed by atoms with Crippen LogP contribution >= 0.6 is 11.3 Å². The molecule has 0 aliphatic heterocycles. The zero-order valence-corrected chi connectivity index (χ0v) is 30.4. The van der Waals surface area contributed by atoms with E-state index in [4.69, 9.17) is 0 Å². The van der Waals surface area contributed by atoms with E-state index >= 15 is 0 Å². The summed E-state index contributed by atoms with van der Waals surface area (Å²) in [5.41, 5.74) is 13.0. The van der Waals surface area contributed by atoms with Gasteiger partial charge in [0.05, 0.1) is 5.69 Å². The van der Waals surface area contributed by atoms with Gasteiger partial charge in [-0.2, -0.15) is 0 Å². The molecule has 0 spiro atoms. The highest BCUT2D eigenvalue weighted by atomic mass is 32.1. The molecule has 1 nitrogen and oxygen atoms in total. The van der Waals surface area contributed by atoms with E-state index in [0.717, 1.165) is 17.1 Å². The molecule has 0 fully saturated rings. The Morgan fingerprint density at radius 3 is 1.46 bits per heavy atom. The van der Waals surface area contributed by atoms with Gasteiger partial charge in [0.15, 0.2) is 0 Å². The maximum Gasteiger partial charge on any atom is 0.0547 e. The molecule has 0 atom stereocenters. The van der Waals surface area contributed by atoms with Crippen LogP contribution in [0.3, 0.4) is 0 Å². The maximum atomic E-state index is 2.43. The van der Waals surface area contributed by atoms with Gasteiger partial charge >= 0.3 is 0 Å². The number of hydrogen-bond donors (Lipinski definition) is 0. The van der Waals surface area contributed by atoms with Gasteiger partial charge in [-0.1, -0.05) is 170 Å². The number of hydrogen-bond acceptors (Lipinski definition) is 2. The van der Waals surface area contributed by atoms with Gasteiger partial charge in [0.25, 0.3) is 0 Å². The minimum atomic E-state index is 1.11. The van der Waals surface area contributed by atoms with Crippen molar-refractivity contribution in [3.05, 3.63) is 212 Å². The van der Waals surface area contributed by atoms with Crippen molar-refractivity contribution in [3.8, 4) is 44.5 Å². The van der Waals surface area contributed by atoms with Gasteiger partial charge in [0.1, 0.15) is 0 Å². The minimum absolute atomic E-state index is 1.11. The van der Waals surface area contributed by atoms with Crippen LogP contribution in [0.25, 0.3) is 75.5 Å². The molecule has 0 radical (unpaired) electrons. The molecular weight excluding hydrogens is 671 g/mol. The lowest BCUT2D eigenvalue weighted by atomic mass is 9.93. The molecule has 2 heteroatoms. The second-order valence-electron chi connectivity index (χ2n) is 13.7. The molecule has 1 heterocycles. The number of fused-ring (bicyclic) bond motifs is 4. The first-order chi connectivity index (χ1) is 26.8. The molecule has 0 N–H and O–H groups in total. The first kappa shape index (κ1) is 32.0. The Morgan fingerprint density at radius 2 is 0.815 bits per heavy atom. The van der Waals surface area contributed by atoms with E-state index < -0.39 is 0 Å². The van der Waals surface area contributed by atoms with E-state index in [1.165, 1.54) is 75.5 Å². The average molecular weight is 706 g/mol. The first-order valence-electron chi connectivity index (χ1n) is 18.4. The number of anilines is 3. The molecule has 0 aliphatic rings. The fourth-order valence-corrected chi connectivity index (χ4v) is 8.99. The zero-order valence-electron chi connectivity index (χ0n) is 29.6.